The van der Waals surface area contributed by atoms with Crippen LogP contribution in [-0.2, 0) is 5.75 Å². The summed E-state index contributed by atoms with van der Waals surface area (Å²) in [5.41, 5.74) is 2.93. The van der Waals surface area contributed by atoms with Gasteiger partial charge in [-0.25, -0.2) is 9.97 Å². The van der Waals surface area contributed by atoms with Crippen LogP contribution < -0.4 is 9.80 Å². The monoisotopic (exact) mass is 541 g/mol. The van der Waals surface area contributed by atoms with Crippen molar-refractivity contribution in [2.75, 3.05) is 49.1 Å². The molecule has 1 aromatic heterocycles. The number of carbonyl (C=O) groups is 1. The van der Waals surface area contributed by atoms with Crippen LogP contribution in [-0.4, -0.2) is 60.0 Å². The lowest BCUT2D eigenvalue weighted by atomic mass is 10.1. The van der Waals surface area contributed by atoms with Crippen molar-refractivity contribution < 1.29 is 4.79 Å². The summed E-state index contributed by atoms with van der Waals surface area (Å²) >= 11 is 14.0. The topological polar surface area (TPSA) is 52.6 Å². The fraction of sp³-hybridized carbons (Fsp3) is 0.370. The summed E-state index contributed by atoms with van der Waals surface area (Å²) in [4.78, 5) is 28.7. The molecule has 0 N–H and O–H groups in total. The Kier molecular flexibility index (Phi) is 8.19. The van der Waals surface area contributed by atoms with Crippen molar-refractivity contribution >= 4 is 52.4 Å². The number of aromatic nitrogens is 2. The molecular weight excluding hydrogens is 513 g/mol. The number of amides is 1. The van der Waals surface area contributed by atoms with E-state index in [-0.39, 0.29) is 5.91 Å². The van der Waals surface area contributed by atoms with Crippen LogP contribution in [0.4, 0.5) is 11.5 Å². The average Bonchev–Trinajstić information content (AvgIpc) is 2.92. The molecule has 2 saturated heterocycles. The van der Waals surface area contributed by atoms with Crippen LogP contribution in [0.15, 0.2) is 59.8 Å². The molecule has 2 aliphatic rings. The summed E-state index contributed by atoms with van der Waals surface area (Å²) in [6, 6.07) is 17.6. The summed E-state index contributed by atoms with van der Waals surface area (Å²) < 4.78 is 0. The maximum atomic E-state index is 13.1. The molecular formula is C27H29Cl2N5OS. The Labute approximate surface area is 226 Å². The number of nitrogens with zero attached hydrogens (tertiary/aromatic N) is 5. The van der Waals surface area contributed by atoms with Gasteiger partial charge in [-0.05, 0) is 55.2 Å². The summed E-state index contributed by atoms with van der Waals surface area (Å²) in [7, 11) is 0. The van der Waals surface area contributed by atoms with Crippen LogP contribution in [0.25, 0.3) is 0 Å². The highest BCUT2D eigenvalue weighted by atomic mass is 35.5. The molecule has 0 radical (unpaired) electrons. The lowest BCUT2D eigenvalue weighted by Gasteiger charge is -2.36. The molecule has 0 unspecified atom stereocenters. The maximum Gasteiger partial charge on any atom is 0.253 e. The zero-order chi connectivity index (χ0) is 24.9. The molecule has 0 bridgehead atoms. The van der Waals surface area contributed by atoms with Crippen LogP contribution in [0.1, 0.15) is 35.2 Å². The zero-order valence-corrected chi connectivity index (χ0v) is 22.4. The summed E-state index contributed by atoms with van der Waals surface area (Å²) in [6.45, 7) is 4.99. The molecule has 0 atom stereocenters. The normalized spacial score (nSPS) is 16.3. The third kappa shape index (κ3) is 6.25. The Hall–Kier alpha value is -2.48. The number of hydrogen-bond donors (Lipinski definition) is 0. The highest BCUT2D eigenvalue weighted by Gasteiger charge is 2.22. The third-order valence-electron chi connectivity index (χ3n) is 6.65. The van der Waals surface area contributed by atoms with E-state index >= 15 is 0 Å². The second-order valence-electron chi connectivity index (χ2n) is 9.12. The Balaban J connectivity index is 1.15. The first-order valence-electron chi connectivity index (χ1n) is 12.4. The van der Waals surface area contributed by atoms with Gasteiger partial charge in [0, 0.05) is 67.4 Å². The van der Waals surface area contributed by atoms with E-state index < -0.39 is 0 Å². The fourth-order valence-electron chi connectivity index (χ4n) is 4.65. The van der Waals surface area contributed by atoms with E-state index in [0.717, 1.165) is 48.3 Å². The molecule has 0 saturated carbocycles. The molecule has 2 aliphatic heterocycles. The minimum absolute atomic E-state index is 0.0734. The van der Waals surface area contributed by atoms with Crippen molar-refractivity contribution in [1.82, 2.24) is 14.9 Å². The number of anilines is 2. The first kappa shape index (κ1) is 25.2. The molecule has 9 heteroatoms. The van der Waals surface area contributed by atoms with Gasteiger partial charge < -0.3 is 14.7 Å². The van der Waals surface area contributed by atoms with Crippen molar-refractivity contribution in [2.24, 2.45) is 0 Å². The molecule has 3 aromatic rings. The van der Waals surface area contributed by atoms with Gasteiger partial charge in [-0.1, -0.05) is 53.2 Å². The Bertz CT molecular complexity index is 1200. The lowest BCUT2D eigenvalue weighted by Crippen LogP contribution is -2.48. The van der Waals surface area contributed by atoms with E-state index in [1.807, 2.05) is 53.4 Å². The van der Waals surface area contributed by atoms with Gasteiger partial charge in [0.05, 0.1) is 0 Å². The van der Waals surface area contributed by atoms with E-state index in [2.05, 4.69) is 20.9 Å². The maximum absolute atomic E-state index is 13.1. The van der Waals surface area contributed by atoms with Crippen molar-refractivity contribution in [2.45, 2.75) is 30.2 Å². The molecule has 0 aliphatic carbocycles. The van der Waals surface area contributed by atoms with Gasteiger partial charge in [-0.2, -0.15) is 0 Å². The SMILES string of the molecule is O=C(c1ccc(CSc2nc(Cl)cc(N3CCCCC3)n2)cc1)N1CCN(c2cccc(Cl)c2)CC1. The van der Waals surface area contributed by atoms with Gasteiger partial charge >= 0.3 is 0 Å². The first-order valence-corrected chi connectivity index (χ1v) is 14.1. The van der Waals surface area contributed by atoms with E-state index in [4.69, 9.17) is 28.2 Å². The van der Waals surface area contributed by atoms with Crippen molar-refractivity contribution in [1.29, 1.82) is 0 Å². The summed E-state index contributed by atoms with van der Waals surface area (Å²) in [5.74, 6) is 1.70. The van der Waals surface area contributed by atoms with Crippen LogP contribution >= 0.6 is 35.0 Å². The second-order valence-corrected chi connectivity index (χ2v) is 10.9. The molecule has 0 spiro atoms. The Morgan fingerprint density at radius 2 is 1.58 bits per heavy atom. The summed E-state index contributed by atoms with van der Waals surface area (Å²) in [6.07, 6.45) is 3.65. The minimum atomic E-state index is 0.0734. The highest BCUT2D eigenvalue weighted by Crippen LogP contribution is 2.27. The van der Waals surface area contributed by atoms with Crippen LogP contribution in [0.5, 0.6) is 0 Å². The van der Waals surface area contributed by atoms with Crippen LogP contribution in [0.2, 0.25) is 10.2 Å². The average molecular weight is 543 g/mol. The zero-order valence-electron chi connectivity index (χ0n) is 20.1. The number of piperazine rings is 1. The third-order valence-corrected chi connectivity index (χ3v) is 8.00. The van der Waals surface area contributed by atoms with Crippen molar-refractivity contribution in [3.63, 3.8) is 0 Å². The highest BCUT2D eigenvalue weighted by molar-refractivity contribution is 7.98. The van der Waals surface area contributed by atoms with Gasteiger partial charge in [-0.3, -0.25) is 4.79 Å². The predicted octanol–water partition coefficient (Wildman–Crippen LogP) is 6.03. The molecule has 36 heavy (non-hydrogen) atoms. The standard InChI is InChI=1S/C27H29Cl2N5OS/c28-22-5-4-6-23(17-22)32-13-15-34(16-14-32)26(35)21-9-7-20(8-10-21)19-36-27-30-24(29)18-25(31-27)33-11-2-1-3-12-33/h4-10,17-18H,1-3,11-16,19H2. The van der Waals surface area contributed by atoms with Crippen LogP contribution in [0, 0.1) is 0 Å². The van der Waals surface area contributed by atoms with Crippen molar-refractivity contribution in [3.05, 3.63) is 75.9 Å². The first-order chi connectivity index (χ1) is 17.5. The molecule has 2 fully saturated rings. The minimum Gasteiger partial charge on any atom is -0.368 e. The summed E-state index contributed by atoms with van der Waals surface area (Å²) in [5, 5.41) is 1.89. The Morgan fingerprint density at radius 1 is 0.833 bits per heavy atom. The van der Waals surface area contributed by atoms with Crippen LogP contribution in [0.3, 0.4) is 0 Å². The Morgan fingerprint density at radius 3 is 2.31 bits per heavy atom. The smallest absolute Gasteiger partial charge is 0.253 e. The number of carbonyl (C=O) groups excluding carboxylic acids is 1. The van der Waals surface area contributed by atoms with E-state index in [0.29, 0.717) is 34.7 Å². The van der Waals surface area contributed by atoms with E-state index in [1.165, 1.54) is 19.3 Å². The number of benzene rings is 2. The quantitative estimate of drug-likeness (QED) is 0.216. The fourth-order valence-corrected chi connectivity index (χ4v) is 5.87. The van der Waals surface area contributed by atoms with Gasteiger partial charge in [0.1, 0.15) is 11.0 Å². The number of thioether (sulfide) groups is 1. The largest absolute Gasteiger partial charge is 0.368 e. The lowest BCUT2D eigenvalue weighted by molar-refractivity contribution is 0.0747. The molecule has 1 amide bonds. The number of hydrogen-bond acceptors (Lipinski definition) is 6. The van der Waals surface area contributed by atoms with E-state index in [9.17, 15) is 4.79 Å². The predicted molar refractivity (Wildman–Crippen MR) is 149 cm³/mol. The van der Waals surface area contributed by atoms with Gasteiger partial charge in [-0.15, -0.1) is 0 Å². The number of halogens is 2. The molecule has 2 aromatic carbocycles. The van der Waals surface area contributed by atoms with Gasteiger partial charge in [0.25, 0.3) is 5.91 Å². The molecule has 188 valence electrons. The number of piperidine rings is 1. The second kappa shape index (κ2) is 11.7. The molecule has 6 nitrogen and oxygen atoms in total. The molecule has 5 rings (SSSR count). The number of rotatable bonds is 6. The van der Waals surface area contributed by atoms with Gasteiger partial charge in [0.2, 0.25) is 0 Å². The van der Waals surface area contributed by atoms with Gasteiger partial charge in [0.15, 0.2) is 5.16 Å². The van der Waals surface area contributed by atoms with Crippen molar-refractivity contribution in [3.8, 4) is 0 Å². The molecule has 3 heterocycles. The van der Waals surface area contributed by atoms with E-state index in [1.54, 1.807) is 11.8 Å².